The first-order valence-corrected chi connectivity index (χ1v) is 10.2. The van der Waals surface area contributed by atoms with E-state index >= 15 is 0 Å². The molecule has 0 spiro atoms. The van der Waals surface area contributed by atoms with Crippen molar-refractivity contribution in [3.8, 4) is 0 Å². The van der Waals surface area contributed by atoms with Gasteiger partial charge < -0.3 is 16.0 Å². The normalized spacial score (nSPS) is 16.0. The summed E-state index contributed by atoms with van der Waals surface area (Å²) in [7, 11) is 0. The fourth-order valence-electron chi connectivity index (χ4n) is 3.59. The van der Waals surface area contributed by atoms with E-state index in [0.717, 1.165) is 25.1 Å². The standard InChI is InChI=1S/C22H28N6O2/c1-4-18(29)12-11-17-6-5-13-28(17)22-25-21(19(20(23)30)26-27-22)24-16-9-7-15(8-10-16)14(2)3/h4,7-10,14,17H,1,5-6,11-13H2,2-3H3,(H2,23,30)(H,24,25,27)/t17-/m0/s1. The van der Waals surface area contributed by atoms with E-state index in [0.29, 0.717) is 24.7 Å². The molecule has 1 atom stereocenters. The lowest BCUT2D eigenvalue weighted by molar-refractivity contribution is -0.114. The van der Waals surface area contributed by atoms with Crippen molar-refractivity contribution in [3.05, 3.63) is 48.2 Å². The molecule has 3 N–H and O–H groups in total. The van der Waals surface area contributed by atoms with Gasteiger partial charge in [-0.2, -0.15) is 4.98 Å². The summed E-state index contributed by atoms with van der Waals surface area (Å²) in [6, 6.07) is 8.07. The SMILES string of the molecule is C=CC(=O)CC[C@@H]1CCCN1c1nnc(C(N)=O)c(Nc2ccc(C(C)C)cc2)n1. The van der Waals surface area contributed by atoms with Gasteiger partial charge in [-0.15, -0.1) is 10.2 Å². The lowest BCUT2D eigenvalue weighted by Gasteiger charge is -2.24. The Kier molecular flexibility index (Phi) is 6.76. The van der Waals surface area contributed by atoms with E-state index in [1.165, 1.54) is 11.6 Å². The molecule has 1 amide bonds. The summed E-state index contributed by atoms with van der Waals surface area (Å²) in [6.45, 7) is 8.55. The monoisotopic (exact) mass is 408 g/mol. The molecule has 2 heterocycles. The number of amides is 1. The molecule has 30 heavy (non-hydrogen) atoms. The minimum atomic E-state index is -0.697. The zero-order valence-corrected chi connectivity index (χ0v) is 17.5. The maximum Gasteiger partial charge on any atom is 0.273 e. The molecule has 1 saturated heterocycles. The Morgan fingerprint density at radius 2 is 2.03 bits per heavy atom. The summed E-state index contributed by atoms with van der Waals surface area (Å²) in [5.41, 5.74) is 7.46. The molecule has 1 aromatic carbocycles. The fraction of sp³-hybridized carbons (Fsp3) is 0.409. The topological polar surface area (TPSA) is 114 Å². The third-order valence-corrected chi connectivity index (χ3v) is 5.33. The zero-order valence-electron chi connectivity index (χ0n) is 17.5. The van der Waals surface area contributed by atoms with Gasteiger partial charge in [0.2, 0.25) is 5.95 Å². The maximum absolute atomic E-state index is 11.8. The first-order valence-electron chi connectivity index (χ1n) is 10.2. The van der Waals surface area contributed by atoms with E-state index in [2.05, 4.69) is 40.9 Å². The molecule has 1 aliphatic heterocycles. The average molecular weight is 409 g/mol. The third-order valence-electron chi connectivity index (χ3n) is 5.33. The predicted octanol–water partition coefficient (Wildman–Crippen LogP) is 3.34. The van der Waals surface area contributed by atoms with Crippen LogP contribution in [-0.4, -0.2) is 39.5 Å². The number of nitrogens with two attached hydrogens (primary N) is 1. The van der Waals surface area contributed by atoms with Crippen LogP contribution in [0, 0.1) is 0 Å². The van der Waals surface area contributed by atoms with E-state index < -0.39 is 5.91 Å². The highest BCUT2D eigenvalue weighted by Gasteiger charge is 2.28. The molecule has 0 saturated carbocycles. The smallest absolute Gasteiger partial charge is 0.273 e. The first-order chi connectivity index (χ1) is 14.4. The molecule has 1 aromatic heterocycles. The summed E-state index contributed by atoms with van der Waals surface area (Å²) in [5, 5.41) is 11.3. The van der Waals surface area contributed by atoms with Crippen molar-refractivity contribution in [2.75, 3.05) is 16.8 Å². The van der Waals surface area contributed by atoms with Crippen LogP contribution in [0.25, 0.3) is 0 Å². The number of nitrogens with one attached hydrogen (secondary N) is 1. The predicted molar refractivity (Wildman–Crippen MR) is 117 cm³/mol. The van der Waals surface area contributed by atoms with Crippen LogP contribution < -0.4 is 16.0 Å². The second kappa shape index (κ2) is 9.47. The van der Waals surface area contributed by atoms with Crippen LogP contribution >= 0.6 is 0 Å². The van der Waals surface area contributed by atoms with Gasteiger partial charge in [0.05, 0.1) is 0 Å². The van der Waals surface area contributed by atoms with Crippen LogP contribution in [0.3, 0.4) is 0 Å². The van der Waals surface area contributed by atoms with Gasteiger partial charge in [-0.1, -0.05) is 32.6 Å². The van der Waals surface area contributed by atoms with Gasteiger partial charge in [0.15, 0.2) is 17.3 Å². The summed E-state index contributed by atoms with van der Waals surface area (Å²) < 4.78 is 0. The maximum atomic E-state index is 11.8. The number of carbonyl (C=O) groups is 2. The van der Waals surface area contributed by atoms with Crippen molar-refractivity contribution in [3.63, 3.8) is 0 Å². The highest BCUT2D eigenvalue weighted by Crippen LogP contribution is 2.28. The van der Waals surface area contributed by atoms with Crippen molar-refractivity contribution < 1.29 is 9.59 Å². The van der Waals surface area contributed by atoms with Gasteiger partial charge in [-0.05, 0) is 49.0 Å². The molecule has 0 aliphatic carbocycles. The Bertz CT molecular complexity index is 926. The molecule has 0 bridgehead atoms. The molecule has 158 valence electrons. The second-order valence-electron chi connectivity index (χ2n) is 7.77. The van der Waals surface area contributed by atoms with Crippen LogP contribution in [0.4, 0.5) is 17.5 Å². The lowest BCUT2D eigenvalue weighted by Crippen LogP contribution is -2.32. The Hall–Kier alpha value is -3.29. The van der Waals surface area contributed by atoms with E-state index in [4.69, 9.17) is 5.73 Å². The highest BCUT2D eigenvalue weighted by molar-refractivity contribution is 5.96. The van der Waals surface area contributed by atoms with E-state index in [-0.39, 0.29) is 23.3 Å². The second-order valence-corrected chi connectivity index (χ2v) is 7.77. The lowest BCUT2D eigenvalue weighted by atomic mass is 10.0. The Labute approximate surface area is 176 Å². The molecule has 1 aliphatic rings. The van der Waals surface area contributed by atoms with Gasteiger partial charge in [0, 0.05) is 24.7 Å². The zero-order chi connectivity index (χ0) is 21.7. The molecular weight excluding hydrogens is 380 g/mol. The molecular formula is C22H28N6O2. The van der Waals surface area contributed by atoms with Crippen molar-refractivity contribution >= 4 is 29.1 Å². The number of allylic oxidation sites excluding steroid dienone is 1. The molecule has 1 fully saturated rings. The number of carbonyl (C=O) groups excluding carboxylic acids is 2. The van der Waals surface area contributed by atoms with Crippen LogP contribution in [0.1, 0.15) is 61.5 Å². The fourth-order valence-corrected chi connectivity index (χ4v) is 3.59. The van der Waals surface area contributed by atoms with Gasteiger partial charge in [0.25, 0.3) is 5.91 Å². The van der Waals surface area contributed by atoms with Crippen LogP contribution in [0.5, 0.6) is 0 Å². The minimum Gasteiger partial charge on any atom is -0.364 e. The van der Waals surface area contributed by atoms with Crippen LogP contribution in [0.2, 0.25) is 0 Å². The number of primary amides is 1. The van der Waals surface area contributed by atoms with Gasteiger partial charge >= 0.3 is 0 Å². The van der Waals surface area contributed by atoms with E-state index in [1.807, 2.05) is 29.2 Å². The number of hydrogen-bond acceptors (Lipinski definition) is 7. The van der Waals surface area contributed by atoms with Crippen molar-refractivity contribution in [1.29, 1.82) is 0 Å². The third kappa shape index (κ3) is 5.00. The van der Waals surface area contributed by atoms with Crippen LogP contribution in [0.15, 0.2) is 36.9 Å². The highest BCUT2D eigenvalue weighted by atomic mass is 16.1. The summed E-state index contributed by atoms with van der Waals surface area (Å²) >= 11 is 0. The first kappa shape index (κ1) is 21.4. The van der Waals surface area contributed by atoms with Crippen LogP contribution in [-0.2, 0) is 4.79 Å². The molecule has 3 rings (SSSR count). The van der Waals surface area contributed by atoms with Gasteiger partial charge in [-0.3, -0.25) is 9.59 Å². The molecule has 8 nitrogen and oxygen atoms in total. The number of anilines is 3. The number of ketones is 1. The Morgan fingerprint density at radius 1 is 1.30 bits per heavy atom. The van der Waals surface area contributed by atoms with E-state index in [1.54, 1.807) is 0 Å². The number of hydrogen-bond donors (Lipinski definition) is 2. The van der Waals surface area contributed by atoms with Crippen molar-refractivity contribution in [2.24, 2.45) is 5.73 Å². The number of nitrogens with zero attached hydrogens (tertiary/aromatic N) is 4. The van der Waals surface area contributed by atoms with Crippen molar-refractivity contribution in [2.45, 2.75) is 51.5 Å². The number of rotatable bonds is 9. The van der Waals surface area contributed by atoms with Gasteiger partial charge in [0.1, 0.15) is 0 Å². The van der Waals surface area contributed by atoms with Crippen molar-refractivity contribution in [1.82, 2.24) is 15.2 Å². The summed E-state index contributed by atoms with van der Waals surface area (Å²) in [6.07, 6.45) is 4.42. The molecule has 0 radical (unpaired) electrons. The average Bonchev–Trinajstić information content (AvgIpc) is 3.20. The summed E-state index contributed by atoms with van der Waals surface area (Å²) in [5.74, 6) is 0.453. The number of aromatic nitrogens is 3. The quantitative estimate of drug-likeness (QED) is 0.612. The Balaban J connectivity index is 1.84. The van der Waals surface area contributed by atoms with E-state index in [9.17, 15) is 9.59 Å². The molecule has 0 unspecified atom stereocenters. The Morgan fingerprint density at radius 3 is 2.67 bits per heavy atom. The number of benzene rings is 1. The molecule has 8 heteroatoms. The molecule has 2 aromatic rings. The summed E-state index contributed by atoms with van der Waals surface area (Å²) in [4.78, 5) is 30.1. The minimum absolute atomic E-state index is 0.00994. The largest absolute Gasteiger partial charge is 0.364 e. The van der Waals surface area contributed by atoms with Gasteiger partial charge in [-0.25, -0.2) is 0 Å².